The van der Waals surface area contributed by atoms with Gasteiger partial charge in [0.25, 0.3) is 0 Å². The fourth-order valence-electron chi connectivity index (χ4n) is 1.69. The van der Waals surface area contributed by atoms with E-state index in [2.05, 4.69) is 9.97 Å². The number of aromatic nitrogens is 2. The van der Waals surface area contributed by atoms with E-state index < -0.39 is 13.0 Å². The minimum absolute atomic E-state index is 0.0692. The van der Waals surface area contributed by atoms with Gasteiger partial charge in [0.1, 0.15) is 5.60 Å². The van der Waals surface area contributed by atoms with Gasteiger partial charge in [-0.05, 0) is 27.7 Å². The summed E-state index contributed by atoms with van der Waals surface area (Å²) >= 11 is 0. The quantitative estimate of drug-likeness (QED) is 0.593. The fourth-order valence-corrected chi connectivity index (χ4v) is 3.08. The van der Waals surface area contributed by atoms with Crippen molar-refractivity contribution in [3.63, 3.8) is 0 Å². The third-order valence-electron chi connectivity index (χ3n) is 2.36. The average molecular weight is 314 g/mol. The largest absolute Gasteiger partial charge is 0.460 e. The Balaban J connectivity index is 2.62. The highest BCUT2D eigenvalue weighted by molar-refractivity contribution is 7.57. The van der Waals surface area contributed by atoms with E-state index in [1.807, 2.05) is 20.8 Å². The fraction of sp³-hybridized carbons (Fsp3) is 0.643. The molecule has 0 fully saturated rings. The van der Waals surface area contributed by atoms with Gasteiger partial charge in [0.05, 0.1) is 30.6 Å². The van der Waals surface area contributed by atoms with E-state index in [9.17, 15) is 9.36 Å². The Kier molecular flexibility index (Phi) is 6.05. The SMILES string of the molecule is CCOP(C)(=O)Cc1cnc(CC(=O)OC(C)(C)C)cn1. The second-order valence-electron chi connectivity index (χ2n) is 5.85. The molecule has 1 atom stereocenters. The maximum Gasteiger partial charge on any atom is 0.312 e. The highest BCUT2D eigenvalue weighted by atomic mass is 31.2. The Hall–Kier alpha value is -1.26. The van der Waals surface area contributed by atoms with Gasteiger partial charge in [0.2, 0.25) is 7.37 Å². The van der Waals surface area contributed by atoms with Crippen molar-refractivity contribution in [2.24, 2.45) is 0 Å². The highest BCUT2D eigenvalue weighted by Crippen LogP contribution is 2.45. The Morgan fingerprint density at radius 3 is 2.29 bits per heavy atom. The van der Waals surface area contributed by atoms with Gasteiger partial charge >= 0.3 is 5.97 Å². The van der Waals surface area contributed by atoms with E-state index in [4.69, 9.17) is 9.26 Å². The molecule has 1 rings (SSSR count). The first-order valence-electron chi connectivity index (χ1n) is 6.84. The molecule has 1 aromatic heterocycles. The maximum absolute atomic E-state index is 12.0. The number of hydrogen-bond acceptors (Lipinski definition) is 6. The van der Waals surface area contributed by atoms with Crippen LogP contribution in [-0.4, -0.2) is 34.8 Å². The Morgan fingerprint density at radius 2 is 1.81 bits per heavy atom. The molecule has 0 aliphatic rings. The summed E-state index contributed by atoms with van der Waals surface area (Å²) in [6.07, 6.45) is 3.33. The number of esters is 1. The molecule has 6 nitrogen and oxygen atoms in total. The van der Waals surface area contributed by atoms with Crippen LogP contribution in [0.25, 0.3) is 0 Å². The topological polar surface area (TPSA) is 78.4 Å². The molecule has 118 valence electrons. The van der Waals surface area contributed by atoms with Crippen molar-refractivity contribution in [1.29, 1.82) is 0 Å². The summed E-state index contributed by atoms with van der Waals surface area (Å²) in [5, 5.41) is 0. The van der Waals surface area contributed by atoms with Gasteiger partial charge in [0.15, 0.2) is 0 Å². The number of rotatable bonds is 6. The monoisotopic (exact) mass is 314 g/mol. The summed E-state index contributed by atoms with van der Waals surface area (Å²) in [7, 11) is -2.68. The average Bonchev–Trinajstić information content (AvgIpc) is 2.28. The number of ether oxygens (including phenoxy) is 1. The molecule has 1 aromatic rings. The van der Waals surface area contributed by atoms with Crippen LogP contribution in [0.5, 0.6) is 0 Å². The summed E-state index contributed by atoms with van der Waals surface area (Å²) in [5.41, 5.74) is 0.592. The molecule has 0 amide bonds. The molecule has 0 aliphatic heterocycles. The molecule has 21 heavy (non-hydrogen) atoms. The molecule has 0 saturated heterocycles. The van der Waals surface area contributed by atoms with Crippen LogP contribution in [0.1, 0.15) is 39.1 Å². The summed E-state index contributed by atoms with van der Waals surface area (Å²) < 4.78 is 22.4. The molecule has 0 saturated carbocycles. The van der Waals surface area contributed by atoms with E-state index in [1.54, 1.807) is 13.6 Å². The molecular formula is C14H23N2O4P. The first-order valence-corrected chi connectivity index (χ1v) is 9.10. The molecule has 0 aromatic carbocycles. The normalized spacial score (nSPS) is 14.5. The number of hydrogen-bond donors (Lipinski definition) is 0. The molecule has 1 unspecified atom stereocenters. The van der Waals surface area contributed by atoms with E-state index >= 15 is 0 Å². The minimum atomic E-state index is -2.68. The summed E-state index contributed by atoms with van der Waals surface area (Å²) in [5.74, 6) is -0.347. The zero-order valence-electron chi connectivity index (χ0n) is 13.3. The first-order chi connectivity index (χ1) is 9.61. The van der Waals surface area contributed by atoms with Gasteiger partial charge in [-0.2, -0.15) is 0 Å². The molecule has 0 spiro atoms. The Morgan fingerprint density at radius 1 is 1.24 bits per heavy atom. The maximum atomic E-state index is 12.0. The van der Waals surface area contributed by atoms with Crippen molar-refractivity contribution in [3.8, 4) is 0 Å². The zero-order chi connectivity index (χ0) is 16.1. The Labute approximate surface area is 125 Å². The van der Waals surface area contributed by atoms with E-state index in [1.165, 1.54) is 12.4 Å². The van der Waals surface area contributed by atoms with Gasteiger partial charge in [0, 0.05) is 19.1 Å². The van der Waals surface area contributed by atoms with Gasteiger partial charge in [-0.1, -0.05) is 0 Å². The van der Waals surface area contributed by atoms with Crippen molar-refractivity contribution < 1.29 is 18.6 Å². The highest BCUT2D eigenvalue weighted by Gasteiger charge is 2.19. The van der Waals surface area contributed by atoms with Crippen LogP contribution in [0.3, 0.4) is 0 Å². The standard InChI is InChI=1S/C14H23N2O4P/c1-6-19-21(5,18)10-12-9-15-11(8-16-12)7-13(17)20-14(2,3)4/h8-9H,6-7,10H2,1-5H3. The molecular weight excluding hydrogens is 291 g/mol. The van der Waals surface area contributed by atoms with Crippen LogP contribution in [0.15, 0.2) is 12.4 Å². The molecule has 7 heteroatoms. The van der Waals surface area contributed by atoms with Crippen LogP contribution < -0.4 is 0 Å². The van der Waals surface area contributed by atoms with Crippen molar-refractivity contribution in [2.75, 3.05) is 13.3 Å². The van der Waals surface area contributed by atoms with Crippen molar-refractivity contribution in [1.82, 2.24) is 9.97 Å². The molecule has 0 aliphatic carbocycles. The minimum Gasteiger partial charge on any atom is -0.460 e. The predicted molar refractivity (Wildman–Crippen MR) is 80.4 cm³/mol. The second kappa shape index (κ2) is 7.14. The second-order valence-corrected chi connectivity index (χ2v) is 8.45. The van der Waals surface area contributed by atoms with Crippen molar-refractivity contribution in [3.05, 3.63) is 23.8 Å². The van der Waals surface area contributed by atoms with Crippen LogP contribution in [0, 0.1) is 0 Å². The van der Waals surface area contributed by atoms with Gasteiger partial charge in [-0.15, -0.1) is 0 Å². The first kappa shape index (κ1) is 17.8. The number of nitrogens with zero attached hydrogens (tertiary/aromatic N) is 2. The lowest BCUT2D eigenvalue weighted by molar-refractivity contribution is -0.154. The number of carbonyl (C=O) groups is 1. The van der Waals surface area contributed by atoms with Crippen molar-refractivity contribution >= 4 is 13.3 Å². The van der Waals surface area contributed by atoms with E-state index in [0.29, 0.717) is 18.0 Å². The lowest BCUT2D eigenvalue weighted by Gasteiger charge is -2.19. The molecule has 0 bridgehead atoms. The third-order valence-corrected chi connectivity index (χ3v) is 4.06. The summed E-state index contributed by atoms with van der Waals surface area (Å²) in [6.45, 7) is 9.21. The summed E-state index contributed by atoms with van der Waals surface area (Å²) in [4.78, 5) is 20.0. The van der Waals surface area contributed by atoms with Crippen LogP contribution >= 0.6 is 7.37 Å². The summed E-state index contributed by atoms with van der Waals surface area (Å²) in [6, 6.07) is 0. The molecule has 0 radical (unpaired) electrons. The van der Waals surface area contributed by atoms with Crippen LogP contribution in [-0.2, 0) is 31.2 Å². The molecule has 0 N–H and O–H groups in total. The van der Waals surface area contributed by atoms with Crippen molar-refractivity contribution in [2.45, 2.75) is 45.9 Å². The number of carbonyl (C=O) groups excluding carboxylic acids is 1. The van der Waals surface area contributed by atoms with E-state index in [0.717, 1.165) is 0 Å². The molecule has 1 heterocycles. The van der Waals surface area contributed by atoms with Gasteiger partial charge < -0.3 is 9.26 Å². The lowest BCUT2D eigenvalue weighted by atomic mass is 10.2. The lowest BCUT2D eigenvalue weighted by Crippen LogP contribution is -2.25. The van der Waals surface area contributed by atoms with Crippen LogP contribution in [0.2, 0.25) is 0 Å². The predicted octanol–water partition coefficient (Wildman–Crippen LogP) is 2.81. The smallest absolute Gasteiger partial charge is 0.312 e. The van der Waals surface area contributed by atoms with E-state index in [-0.39, 0.29) is 18.6 Å². The van der Waals surface area contributed by atoms with Gasteiger partial charge in [-0.25, -0.2) is 0 Å². The zero-order valence-corrected chi connectivity index (χ0v) is 14.1. The van der Waals surface area contributed by atoms with Crippen LogP contribution in [0.4, 0.5) is 0 Å². The third kappa shape index (κ3) is 7.34. The Bertz CT molecular complexity index is 523. The van der Waals surface area contributed by atoms with Gasteiger partial charge in [-0.3, -0.25) is 19.3 Å².